The highest BCUT2D eigenvalue weighted by molar-refractivity contribution is 7.97. The van der Waals surface area contributed by atoms with Crippen molar-refractivity contribution in [1.82, 2.24) is 8.99 Å². The van der Waals surface area contributed by atoms with E-state index < -0.39 is 28.9 Å². The lowest BCUT2D eigenvalue weighted by molar-refractivity contribution is 0.593. The predicted octanol–water partition coefficient (Wildman–Crippen LogP) is 2.07. The fourth-order valence-electron chi connectivity index (χ4n) is 1.71. The largest absolute Gasteiger partial charge is 0.244 e. The molecule has 0 bridgehead atoms. The van der Waals surface area contributed by atoms with Crippen LogP contribution in [0.1, 0.15) is 11.1 Å². The Hall–Kier alpha value is -1.31. The molecule has 0 heterocycles. The van der Waals surface area contributed by atoms with Gasteiger partial charge in [0.15, 0.2) is 0 Å². The first-order valence-electron chi connectivity index (χ1n) is 6.63. The molecule has 124 valence electrons. The van der Waals surface area contributed by atoms with Gasteiger partial charge in [-0.05, 0) is 38.1 Å². The van der Waals surface area contributed by atoms with Gasteiger partial charge in [0, 0.05) is 8.88 Å². The third-order valence-corrected chi connectivity index (χ3v) is 7.79. The van der Waals surface area contributed by atoms with Crippen LogP contribution in [-0.2, 0) is 20.0 Å². The fraction of sp³-hybridized carbons (Fsp3) is 0.143. The summed E-state index contributed by atoms with van der Waals surface area (Å²) in [6, 6.07) is 12.6. The number of rotatable bonds is 6. The molecule has 0 amide bonds. The molecular weight excluding hydrogens is 355 g/mol. The highest BCUT2D eigenvalue weighted by Crippen LogP contribution is 2.17. The van der Waals surface area contributed by atoms with Crippen LogP contribution in [-0.4, -0.2) is 16.8 Å². The van der Waals surface area contributed by atoms with Gasteiger partial charge in [0.2, 0.25) is 20.0 Å². The summed E-state index contributed by atoms with van der Waals surface area (Å²) < 4.78 is 52.8. The zero-order chi connectivity index (χ0) is 17.1. The van der Waals surface area contributed by atoms with Gasteiger partial charge < -0.3 is 0 Å². The summed E-state index contributed by atoms with van der Waals surface area (Å²) in [5.41, 5.74) is 1.87. The lowest BCUT2D eigenvalue weighted by atomic mass is 10.2. The number of hydrogen-bond donors (Lipinski definition) is 2. The standard InChI is InChI=1S/C14H17N2O4PS2/c1-11-3-7-13(8-4-11)22(17,18)15-21-16-23(19,20)14-9-5-12(2)6-10-14/h3-10,15-16,21H,1-2H3. The normalized spacial score (nSPS) is 12.3. The van der Waals surface area contributed by atoms with Crippen molar-refractivity contribution >= 4 is 28.9 Å². The molecule has 2 N–H and O–H groups in total. The minimum Gasteiger partial charge on any atom is -0.207 e. The molecule has 0 atom stereocenters. The number of benzene rings is 2. The van der Waals surface area contributed by atoms with E-state index in [1.165, 1.54) is 24.3 Å². The summed E-state index contributed by atoms with van der Waals surface area (Å²) in [5, 5.41) is 0. The zero-order valence-corrected chi connectivity index (χ0v) is 15.2. The average molecular weight is 372 g/mol. The molecule has 0 unspecified atom stereocenters. The van der Waals surface area contributed by atoms with E-state index in [4.69, 9.17) is 0 Å². The molecule has 0 radical (unpaired) electrons. The molecule has 0 saturated carbocycles. The molecule has 0 aromatic heterocycles. The monoisotopic (exact) mass is 372 g/mol. The Balaban J connectivity index is 2.03. The summed E-state index contributed by atoms with van der Waals surface area (Å²) >= 11 is 0. The number of sulfonamides is 2. The topological polar surface area (TPSA) is 92.3 Å². The molecule has 2 aromatic carbocycles. The SMILES string of the molecule is Cc1ccc(S(=O)(=O)NPNS(=O)(=O)c2ccc(C)cc2)cc1. The smallest absolute Gasteiger partial charge is 0.207 e. The number of hydrogen-bond acceptors (Lipinski definition) is 4. The van der Waals surface area contributed by atoms with Crippen LogP contribution in [0.3, 0.4) is 0 Å². The fourth-order valence-corrected chi connectivity index (χ4v) is 5.26. The Morgan fingerprint density at radius 1 is 0.652 bits per heavy atom. The van der Waals surface area contributed by atoms with Crippen LogP contribution in [0.25, 0.3) is 0 Å². The second-order valence-electron chi connectivity index (χ2n) is 4.96. The van der Waals surface area contributed by atoms with Crippen molar-refractivity contribution < 1.29 is 16.8 Å². The van der Waals surface area contributed by atoms with Crippen LogP contribution in [0.15, 0.2) is 58.3 Å². The van der Waals surface area contributed by atoms with E-state index in [0.29, 0.717) is 0 Å². The van der Waals surface area contributed by atoms with Crippen molar-refractivity contribution in [2.24, 2.45) is 0 Å². The Morgan fingerprint density at radius 3 is 1.26 bits per heavy atom. The lowest BCUT2D eigenvalue weighted by Gasteiger charge is -2.09. The molecule has 23 heavy (non-hydrogen) atoms. The predicted molar refractivity (Wildman–Crippen MR) is 91.3 cm³/mol. The lowest BCUT2D eigenvalue weighted by Crippen LogP contribution is -2.23. The van der Waals surface area contributed by atoms with Gasteiger partial charge in [-0.25, -0.2) is 16.8 Å². The van der Waals surface area contributed by atoms with Gasteiger partial charge in [0.05, 0.1) is 9.79 Å². The van der Waals surface area contributed by atoms with Crippen LogP contribution in [0.5, 0.6) is 0 Å². The van der Waals surface area contributed by atoms with E-state index in [-0.39, 0.29) is 9.79 Å². The minimum atomic E-state index is -3.75. The zero-order valence-electron chi connectivity index (χ0n) is 12.6. The first kappa shape index (κ1) is 18.0. The molecule has 2 aromatic rings. The Morgan fingerprint density at radius 2 is 0.957 bits per heavy atom. The van der Waals surface area contributed by atoms with Gasteiger partial charge in [-0.3, -0.25) is 0 Å². The van der Waals surface area contributed by atoms with Crippen LogP contribution < -0.4 is 8.99 Å². The molecule has 0 fully saturated rings. The molecule has 2 rings (SSSR count). The first-order chi connectivity index (χ1) is 10.7. The second-order valence-corrected chi connectivity index (χ2v) is 9.80. The van der Waals surface area contributed by atoms with Gasteiger partial charge in [-0.2, -0.15) is 8.99 Å². The summed E-state index contributed by atoms with van der Waals surface area (Å²) in [4.78, 5) is 0.176. The van der Waals surface area contributed by atoms with Gasteiger partial charge in [0.25, 0.3) is 0 Å². The van der Waals surface area contributed by atoms with E-state index in [2.05, 4.69) is 8.99 Å². The maximum atomic E-state index is 12.1. The van der Waals surface area contributed by atoms with Crippen molar-refractivity contribution in [2.45, 2.75) is 23.6 Å². The van der Waals surface area contributed by atoms with E-state index in [9.17, 15) is 16.8 Å². The Bertz CT molecular complexity index is 802. The van der Waals surface area contributed by atoms with Crippen molar-refractivity contribution in [1.29, 1.82) is 0 Å². The molecular formula is C14H17N2O4PS2. The number of nitrogens with one attached hydrogen (secondary N) is 2. The highest BCUT2D eigenvalue weighted by Gasteiger charge is 2.17. The first-order valence-corrected chi connectivity index (χ1v) is 10.6. The Labute approximate surface area is 138 Å². The summed E-state index contributed by atoms with van der Waals surface area (Å²) in [6.45, 7) is 3.70. The van der Waals surface area contributed by atoms with Crippen molar-refractivity contribution in [2.75, 3.05) is 0 Å². The minimum absolute atomic E-state index is 0.0881. The van der Waals surface area contributed by atoms with E-state index in [0.717, 1.165) is 11.1 Å². The van der Waals surface area contributed by atoms with Crippen molar-refractivity contribution in [3.8, 4) is 0 Å². The summed E-state index contributed by atoms with van der Waals surface area (Å²) in [5.74, 6) is 0. The third kappa shape index (κ3) is 4.83. The van der Waals surface area contributed by atoms with Crippen molar-refractivity contribution in [3.63, 3.8) is 0 Å². The summed E-state index contributed by atoms with van der Waals surface area (Å²) in [7, 11) is -8.20. The van der Waals surface area contributed by atoms with Crippen molar-refractivity contribution in [3.05, 3.63) is 59.7 Å². The molecule has 6 nitrogen and oxygen atoms in total. The van der Waals surface area contributed by atoms with E-state index >= 15 is 0 Å². The van der Waals surface area contributed by atoms with E-state index in [1.54, 1.807) is 24.3 Å². The third-order valence-electron chi connectivity index (χ3n) is 3.03. The second kappa shape index (κ2) is 7.07. The molecule has 0 spiro atoms. The quantitative estimate of drug-likeness (QED) is 0.760. The molecule has 0 aliphatic heterocycles. The summed E-state index contributed by atoms with van der Waals surface area (Å²) in [6.07, 6.45) is 0. The van der Waals surface area contributed by atoms with Crippen LogP contribution in [0.4, 0.5) is 0 Å². The van der Waals surface area contributed by atoms with Gasteiger partial charge in [-0.1, -0.05) is 35.4 Å². The molecule has 0 aliphatic rings. The van der Waals surface area contributed by atoms with Crippen LogP contribution >= 0.6 is 8.88 Å². The maximum Gasteiger partial charge on any atom is 0.244 e. The van der Waals surface area contributed by atoms with E-state index in [1.807, 2.05) is 13.8 Å². The van der Waals surface area contributed by atoms with Gasteiger partial charge in [-0.15, -0.1) is 0 Å². The average Bonchev–Trinajstić information content (AvgIpc) is 2.47. The Kier molecular flexibility index (Phi) is 5.54. The highest BCUT2D eigenvalue weighted by atomic mass is 32.2. The maximum absolute atomic E-state index is 12.1. The number of aryl methyl sites for hydroxylation is 2. The molecule has 0 aliphatic carbocycles. The molecule has 9 heteroatoms. The van der Waals surface area contributed by atoms with Gasteiger partial charge >= 0.3 is 0 Å². The van der Waals surface area contributed by atoms with Crippen LogP contribution in [0.2, 0.25) is 0 Å². The van der Waals surface area contributed by atoms with Gasteiger partial charge in [0.1, 0.15) is 0 Å². The van der Waals surface area contributed by atoms with Crippen LogP contribution in [0, 0.1) is 13.8 Å². The molecule has 0 saturated heterocycles.